The molecule has 0 spiro atoms. The molecule has 1 N–H and O–H groups in total. The van der Waals surface area contributed by atoms with Gasteiger partial charge in [-0.3, -0.25) is 0 Å². The van der Waals surface area contributed by atoms with Gasteiger partial charge in [0.15, 0.2) is 0 Å². The van der Waals surface area contributed by atoms with Crippen molar-refractivity contribution in [2.24, 2.45) is 5.41 Å². The third kappa shape index (κ3) is 4.80. The highest BCUT2D eigenvalue weighted by Gasteiger charge is 2.37. The summed E-state index contributed by atoms with van der Waals surface area (Å²) in [5.74, 6) is 2.14. The van der Waals surface area contributed by atoms with Crippen LogP contribution in [0.15, 0.2) is 42.6 Å². The Kier molecular flexibility index (Phi) is 5.82. The first-order chi connectivity index (χ1) is 15.5. The third-order valence-corrected chi connectivity index (χ3v) is 7.61. The van der Waals surface area contributed by atoms with Crippen molar-refractivity contribution < 1.29 is 12.8 Å². The summed E-state index contributed by atoms with van der Waals surface area (Å²) in [5.41, 5.74) is 3.20. The number of halogens is 1. The van der Waals surface area contributed by atoms with Gasteiger partial charge in [-0.15, -0.1) is 6.42 Å². The number of aromatic nitrogens is 1. The van der Waals surface area contributed by atoms with Crippen LogP contribution in [0.2, 0.25) is 0 Å². The number of terminal acetylenes is 1. The molecule has 0 unspecified atom stereocenters. The number of rotatable bonds is 6. The summed E-state index contributed by atoms with van der Waals surface area (Å²) in [6.45, 7) is 7.02. The maximum absolute atomic E-state index is 13.7. The highest BCUT2D eigenvalue weighted by Crippen LogP contribution is 2.35. The van der Waals surface area contributed by atoms with Gasteiger partial charge in [0, 0.05) is 29.2 Å². The lowest BCUT2D eigenvalue weighted by molar-refractivity contribution is 0.349. The fraction of sp³-hybridized carbons (Fsp3) is 0.346. The van der Waals surface area contributed by atoms with Crippen molar-refractivity contribution in [3.8, 4) is 29.5 Å². The van der Waals surface area contributed by atoms with Crippen molar-refractivity contribution in [2.75, 3.05) is 0 Å². The van der Waals surface area contributed by atoms with Crippen LogP contribution >= 0.6 is 0 Å². The van der Waals surface area contributed by atoms with Gasteiger partial charge in [-0.1, -0.05) is 44.9 Å². The van der Waals surface area contributed by atoms with Crippen molar-refractivity contribution in [2.45, 2.75) is 51.4 Å². The summed E-state index contributed by atoms with van der Waals surface area (Å²) in [4.78, 5) is 0. The van der Waals surface area contributed by atoms with Crippen LogP contribution in [0, 0.1) is 34.9 Å². The van der Waals surface area contributed by atoms with Gasteiger partial charge >= 0.3 is 0 Å². The van der Waals surface area contributed by atoms with E-state index in [1.54, 1.807) is 6.07 Å². The van der Waals surface area contributed by atoms with Crippen LogP contribution in [0.1, 0.15) is 50.8 Å². The van der Waals surface area contributed by atoms with Crippen molar-refractivity contribution in [3.63, 3.8) is 0 Å². The molecule has 0 aliphatic heterocycles. The lowest BCUT2D eigenvalue weighted by Gasteiger charge is -2.20. The molecule has 0 radical (unpaired) electrons. The Bertz CT molecular complexity index is 1410. The number of nitrogens with one attached hydrogen (secondary N) is 1. The predicted octanol–water partition coefficient (Wildman–Crippen LogP) is 5.12. The Morgan fingerprint density at radius 1 is 1.24 bits per heavy atom. The number of hydrogen-bond donors (Lipinski definition) is 1. The average Bonchev–Trinajstić information content (AvgIpc) is 3.56. The maximum Gasteiger partial charge on any atom is 0.215 e. The molecule has 1 atom stereocenters. The lowest BCUT2D eigenvalue weighted by Crippen LogP contribution is -2.30. The Morgan fingerprint density at radius 3 is 2.58 bits per heavy atom. The van der Waals surface area contributed by atoms with Crippen molar-refractivity contribution >= 4 is 20.9 Å². The summed E-state index contributed by atoms with van der Waals surface area (Å²) in [6.07, 6.45) is 8.99. The molecule has 1 fully saturated rings. The molecule has 0 amide bonds. The Balaban J connectivity index is 1.86. The molecule has 5 nitrogen and oxygen atoms in total. The zero-order chi connectivity index (χ0) is 24.0. The van der Waals surface area contributed by atoms with Crippen LogP contribution in [0.4, 0.5) is 4.39 Å². The molecular formula is C26H26FN3O2S. The van der Waals surface area contributed by atoms with Crippen molar-refractivity contribution in [1.29, 1.82) is 5.26 Å². The molecule has 4 rings (SSSR count). The van der Waals surface area contributed by atoms with E-state index in [-0.39, 0.29) is 16.2 Å². The van der Waals surface area contributed by atoms with Gasteiger partial charge in [-0.25, -0.2) is 12.8 Å². The minimum atomic E-state index is -3.48. The standard InChI is InChI=1S/C26H26FN3O2S/c1-5-24(29-33(31,32)20-8-9-20)23-15-30(16-26(2,3)4)25-13-17(6-10-22(23)25)21-11-7-19(27)12-18(21)14-28/h1,6-7,10-13,15,20,24,29H,8-9,16H2,2-4H3/t24-/m1/s1. The minimum Gasteiger partial charge on any atom is -0.347 e. The summed E-state index contributed by atoms with van der Waals surface area (Å²) < 4.78 is 43.6. The highest BCUT2D eigenvalue weighted by atomic mass is 32.2. The van der Waals surface area contributed by atoms with Crippen molar-refractivity contribution in [1.82, 2.24) is 9.29 Å². The van der Waals surface area contributed by atoms with Gasteiger partial charge in [0.05, 0.1) is 16.9 Å². The molecule has 1 aromatic heterocycles. The van der Waals surface area contributed by atoms with E-state index in [0.717, 1.165) is 16.5 Å². The summed E-state index contributed by atoms with van der Waals surface area (Å²) in [6, 6.07) is 11.1. The monoisotopic (exact) mass is 463 g/mol. The molecule has 170 valence electrons. The maximum atomic E-state index is 13.7. The van der Waals surface area contributed by atoms with Crippen LogP contribution in [0.25, 0.3) is 22.0 Å². The second-order valence-corrected chi connectivity index (χ2v) is 11.8. The Labute approximate surface area is 194 Å². The van der Waals surface area contributed by atoms with Gasteiger partial charge in [0.2, 0.25) is 10.0 Å². The molecular weight excluding hydrogens is 437 g/mol. The normalized spacial score (nSPS) is 15.2. The fourth-order valence-corrected chi connectivity index (χ4v) is 5.52. The molecule has 0 bridgehead atoms. The molecule has 1 saturated carbocycles. The van der Waals surface area contributed by atoms with Crippen molar-refractivity contribution in [3.05, 3.63) is 59.5 Å². The van der Waals surface area contributed by atoms with E-state index in [0.29, 0.717) is 30.5 Å². The number of nitriles is 1. The molecule has 7 heteroatoms. The zero-order valence-electron chi connectivity index (χ0n) is 18.9. The minimum absolute atomic E-state index is 0.0495. The van der Waals surface area contributed by atoms with Gasteiger partial charge in [-0.05, 0) is 47.6 Å². The van der Waals surface area contributed by atoms with Crippen LogP contribution in [-0.4, -0.2) is 18.2 Å². The molecule has 33 heavy (non-hydrogen) atoms. The Morgan fingerprint density at radius 2 is 1.97 bits per heavy atom. The quantitative estimate of drug-likeness (QED) is 0.516. The summed E-state index contributed by atoms with van der Waals surface area (Å²) in [7, 11) is -3.48. The van der Waals surface area contributed by atoms with Gasteiger partial charge in [0.25, 0.3) is 0 Å². The zero-order valence-corrected chi connectivity index (χ0v) is 19.7. The van der Waals surface area contributed by atoms with Crippen LogP contribution in [-0.2, 0) is 16.6 Å². The van der Waals surface area contributed by atoms with E-state index >= 15 is 0 Å². The average molecular weight is 464 g/mol. The second kappa shape index (κ2) is 8.33. The fourth-order valence-electron chi connectivity index (χ4n) is 4.05. The summed E-state index contributed by atoms with van der Waals surface area (Å²) >= 11 is 0. The van der Waals surface area contributed by atoms with E-state index < -0.39 is 21.9 Å². The smallest absolute Gasteiger partial charge is 0.215 e. The van der Waals surface area contributed by atoms with E-state index in [1.165, 1.54) is 12.1 Å². The van der Waals surface area contributed by atoms with Gasteiger partial charge in [-0.2, -0.15) is 9.98 Å². The number of hydrogen-bond acceptors (Lipinski definition) is 3. The van der Waals surface area contributed by atoms with E-state index in [9.17, 15) is 18.1 Å². The first-order valence-corrected chi connectivity index (χ1v) is 12.4. The molecule has 2 aromatic carbocycles. The molecule has 1 heterocycles. The predicted molar refractivity (Wildman–Crippen MR) is 128 cm³/mol. The molecule has 1 aliphatic carbocycles. The Hall–Kier alpha value is -3.13. The second-order valence-electron chi connectivity index (χ2n) is 9.77. The van der Waals surface area contributed by atoms with Crippen LogP contribution in [0.3, 0.4) is 0 Å². The molecule has 1 aliphatic rings. The van der Waals surface area contributed by atoms with E-state index in [4.69, 9.17) is 6.42 Å². The highest BCUT2D eigenvalue weighted by molar-refractivity contribution is 7.90. The third-order valence-electron chi connectivity index (χ3n) is 5.69. The molecule has 0 saturated heterocycles. The topological polar surface area (TPSA) is 74.9 Å². The first kappa shape index (κ1) is 23.0. The number of nitrogens with zero attached hydrogens (tertiary/aromatic N) is 2. The van der Waals surface area contributed by atoms with Gasteiger partial charge < -0.3 is 4.57 Å². The van der Waals surface area contributed by atoms with Gasteiger partial charge in [0.1, 0.15) is 11.9 Å². The number of fused-ring (bicyclic) bond motifs is 1. The SMILES string of the molecule is C#C[C@@H](NS(=O)(=O)C1CC1)c1cn(CC(C)(C)C)c2cc(-c3ccc(F)cc3C#N)ccc12. The largest absolute Gasteiger partial charge is 0.347 e. The number of sulfonamides is 1. The lowest BCUT2D eigenvalue weighted by atomic mass is 9.96. The summed E-state index contributed by atoms with van der Waals surface area (Å²) in [5, 5.41) is 9.95. The van der Waals surface area contributed by atoms with E-state index in [2.05, 4.69) is 42.1 Å². The van der Waals surface area contributed by atoms with Crippen LogP contribution in [0.5, 0.6) is 0 Å². The van der Waals surface area contributed by atoms with Crippen LogP contribution < -0.4 is 4.72 Å². The van der Waals surface area contributed by atoms with E-state index in [1.807, 2.05) is 24.4 Å². The molecule has 3 aromatic rings. The first-order valence-electron chi connectivity index (χ1n) is 10.8. The number of benzene rings is 2.